The Morgan fingerprint density at radius 3 is 2.80 bits per heavy atom. The molecule has 0 aliphatic carbocycles. The van der Waals surface area contributed by atoms with E-state index < -0.39 is 5.60 Å². The number of ether oxygens (including phenoxy) is 1. The maximum atomic E-state index is 13.4. The molecule has 5 heterocycles. The Morgan fingerprint density at radius 2 is 2.05 bits per heavy atom. The average molecular weight is 555 g/mol. The van der Waals surface area contributed by atoms with Gasteiger partial charge in [0.15, 0.2) is 11.5 Å². The van der Waals surface area contributed by atoms with E-state index in [1.54, 1.807) is 42.8 Å². The summed E-state index contributed by atoms with van der Waals surface area (Å²) in [4.78, 5) is 29.7. The Bertz CT molecular complexity index is 1830. The van der Waals surface area contributed by atoms with Gasteiger partial charge in [-0.2, -0.15) is 4.98 Å². The molecule has 0 saturated carbocycles. The normalized spacial score (nSPS) is 16.0. The molecule has 11 heteroatoms. The zero-order chi connectivity index (χ0) is 28.9. The van der Waals surface area contributed by atoms with Crippen molar-refractivity contribution in [3.8, 4) is 5.82 Å². The highest BCUT2D eigenvalue weighted by Gasteiger charge is 2.23. The van der Waals surface area contributed by atoms with Crippen molar-refractivity contribution in [1.82, 2.24) is 28.9 Å². The minimum atomic E-state index is -1.16. The largest absolute Gasteiger partial charge is 0.384 e. The number of anilines is 3. The first kappa shape index (κ1) is 26.7. The van der Waals surface area contributed by atoms with Crippen LogP contribution in [-0.4, -0.2) is 59.8 Å². The summed E-state index contributed by atoms with van der Waals surface area (Å²) in [7, 11) is 2.02. The first-order valence-electron chi connectivity index (χ1n) is 13.7. The summed E-state index contributed by atoms with van der Waals surface area (Å²) in [5, 5.41) is 15.5. The molecule has 0 unspecified atom stereocenters. The van der Waals surface area contributed by atoms with Crippen molar-refractivity contribution in [1.29, 1.82) is 0 Å². The van der Waals surface area contributed by atoms with E-state index in [2.05, 4.69) is 62.7 Å². The second-order valence-corrected chi connectivity index (χ2v) is 11.0. The molecule has 1 aromatic carbocycles. The van der Waals surface area contributed by atoms with E-state index in [1.165, 1.54) is 10.9 Å². The fourth-order valence-electron chi connectivity index (χ4n) is 5.34. The van der Waals surface area contributed by atoms with E-state index in [-0.39, 0.29) is 18.2 Å². The van der Waals surface area contributed by atoms with Crippen LogP contribution in [0.5, 0.6) is 0 Å². The summed E-state index contributed by atoms with van der Waals surface area (Å²) >= 11 is 0. The summed E-state index contributed by atoms with van der Waals surface area (Å²) in [5.74, 6) is 0.799. The minimum absolute atomic E-state index is 0.143. The molecular formula is C30H34N8O3. The number of allylic oxidation sites excluding steroid dienone is 1. The number of pyridine rings is 1. The molecule has 1 aliphatic rings. The van der Waals surface area contributed by atoms with Crippen LogP contribution >= 0.6 is 0 Å². The van der Waals surface area contributed by atoms with E-state index in [0.29, 0.717) is 35.1 Å². The van der Waals surface area contributed by atoms with Crippen LogP contribution in [-0.2, 0) is 23.9 Å². The zero-order valence-electron chi connectivity index (χ0n) is 23.7. The summed E-state index contributed by atoms with van der Waals surface area (Å²) in [6.07, 6.45) is 5.38. The minimum Gasteiger partial charge on any atom is -0.384 e. The molecule has 41 heavy (non-hydrogen) atoms. The lowest BCUT2D eigenvalue weighted by atomic mass is 10.1. The number of rotatable bonds is 7. The van der Waals surface area contributed by atoms with Crippen LogP contribution in [0.4, 0.5) is 17.3 Å². The van der Waals surface area contributed by atoms with E-state index in [1.807, 2.05) is 7.05 Å². The Balaban J connectivity index is 1.46. The second kappa shape index (κ2) is 10.2. The molecule has 0 bridgehead atoms. The topological polar surface area (TPSA) is 115 Å². The van der Waals surface area contributed by atoms with Gasteiger partial charge in [-0.1, -0.05) is 12.1 Å². The predicted octanol–water partition coefficient (Wildman–Crippen LogP) is 3.85. The van der Waals surface area contributed by atoms with Crippen molar-refractivity contribution in [3.05, 3.63) is 77.5 Å². The van der Waals surface area contributed by atoms with Crippen LogP contribution in [0.3, 0.4) is 0 Å². The van der Waals surface area contributed by atoms with Gasteiger partial charge in [0.1, 0.15) is 11.0 Å². The number of fused-ring (bicyclic) bond motifs is 2. The first-order chi connectivity index (χ1) is 19.6. The lowest BCUT2D eigenvalue weighted by Gasteiger charge is -2.33. The van der Waals surface area contributed by atoms with E-state index >= 15 is 0 Å². The van der Waals surface area contributed by atoms with Crippen LogP contribution in [0, 0.1) is 0 Å². The van der Waals surface area contributed by atoms with E-state index in [9.17, 15) is 9.90 Å². The Hall–Kier alpha value is -4.48. The number of nitrogens with one attached hydrogen (secondary N) is 1. The van der Waals surface area contributed by atoms with Crippen LogP contribution in [0.15, 0.2) is 66.2 Å². The second-order valence-electron chi connectivity index (χ2n) is 11.0. The van der Waals surface area contributed by atoms with Crippen molar-refractivity contribution >= 4 is 39.3 Å². The predicted molar refractivity (Wildman–Crippen MR) is 160 cm³/mol. The van der Waals surface area contributed by atoms with Gasteiger partial charge in [0.05, 0.1) is 30.5 Å². The zero-order valence-corrected chi connectivity index (χ0v) is 23.7. The SMILES string of the molecule is C=CCn1c(=O)c2cnc(Nc3cc(N4CCO[C@@H](C)C4)c4ccn(C)c4c3)nc2n1-c1cccc(C(C)(C)O)n1. The third-order valence-corrected chi connectivity index (χ3v) is 7.37. The van der Waals surface area contributed by atoms with Gasteiger partial charge in [0.2, 0.25) is 5.95 Å². The van der Waals surface area contributed by atoms with Crippen molar-refractivity contribution in [2.45, 2.75) is 39.0 Å². The number of morpholine rings is 1. The smallest absolute Gasteiger partial charge is 0.278 e. The van der Waals surface area contributed by atoms with Gasteiger partial charge >= 0.3 is 0 Å². The molecule has 4 aromatic heterocycles. The van der Waals surface area contributed by atoms with Gasteiger partial charge in [0, 0.05) is 49.3 Å². The number of benzene rings is 1. The number of aryl methyl sites for hydroxylation is 1. The van der Waals surface area contributed by atoms with Gasteiger partial charge in [-0.05, 0) is 51.1 Å². The maximum Gasteiger partial charge on any atom is 0.278 e. The molecule has 1 atom stereocenters. The number of hydrogen-bond acceptors (Lipinski definition) is 8. The van der Waals surface area contributed by atoms with Gasteiger partial charge in [-0.15, -0.1) is 6.58 Å². The first-order valence-corrected chi connectivity index (χ1v) is 13.7. The molecule has 212 valence electrons. The van der Waals surface area contributed by atoms with E-state index in [4.69, 9.17) is 9.72 Å². The molecule has 2 N–H and O–H groups in total. The quantitative estimate of drug-likeness (QED) is 0.292. The molecule has 11 nitrogen and oxygen atoms in total. The van der Waals surface area contributed by atoms with Crippen molar-refractivity contribution in [2.75, 3.05) is 29.9 Å². The fourth-order valence-corrected chi connectivity index (χ4v) is 5.34. The third-order valence-electron chi connectivity index (χ3n) is 7.37. The van der Waals surface area contributed by atoms with E-state index in [0.717, 1.165) is 35.4 Å². The fraction of sp³-hybridized carbons (Fsp3) is 0.333. The van der Waals surface area contributed by atoms with Crippen molar-refractivity contribution in [2.24, 2.45) is 7.05 Å². The summed E-state index contributed by atoms with van der Waals surface area (Å²) in [6, 6.07) is 11.6. The Morgan fingerprint density at radius 1 is 1.22 bits per heavy atom. The third kappa shape index (κ3) is 4.87. The van der Waals surface area contributed by atoms with Crippen LogP contribution < -0.4 is 15.8 Å². The number of aliphatic hydroxyl groups is 1. The summed E-state index contributed by atoms with van der Waals surface area (Å²) < 4.78 is 11.0. The molecule has 0 amide bonds. The highest BCUT2D eigenvalue weighted by molar-refractivity contribution is 5.96. The number of aromatic nitrogens is 6. The number of hydrogen-bond donors (Lipinski definition) is 2. The molecule has 1 fully saturated rings. The monoisotopic (exact) mass is 554 g/mol. The molecular weight excluding hydrogens is 520 g/mol. The highest BCUT2D eigenvalue weighted by atomic mass is 16.5. The van der Waals surface area contributed by atoms with Gasteiger partial charge in [-0.25, -0.2) is 19.3 Å². The van der Waals surface area contributed by atoms with Crippen molar-refractivity contribution < 1.29 is 9.84 Å². The molecule has 1 saturated heterocycles. The molecule has 0 radical (unpaired) electrons. The Kier molecular flexibility index (Phi) is 6.63. The van der Waals surface area contributed by atoms with Crippen LogP contribution in [0.2, 0.25) is 0 Å². The standard InChI is InChI=1S/C30H34N8O3/c1-6-11-37-28(39)22-17-31-29(34-27(22)38(37)26-9-7-8-25(33-26)30(3,4)40)32-20-15-23-21(10-12-35(23)5)24(16-20)36-13-14-41-19(2)18-36/h6-10,12,15-17,19,40H,1,11,13-14,18H2,2-5H3,(H,31,32,34)/t19-/m0/s1. The summed E-state index contributed by atoms with van der Waals surface area (Å²) in [6.45, 7) is 11.8. The molecule has 1 aliphatic heterocycles. The molecule has 5 aromatic rings. The van der Waals surface area contributed by atoms with Gasteiger partial charge in [-0.3, -0.25) is 4.79 Å². The lowest BCUT2D eigenvalue weighted by molar-refractivity contribution is 0.0533. The summed E-state index contributed by atoms with van der Waals surface area (Å²) in [5.41, 5.74) is 2.48. The molecule has 0 spiro atoms. The Labute approximate surface area is 237 Å². The average Bonchev–Trinajstić information content (AvgIpc) is 3.44. The van der Waals surface area contributed by atoms with Gasteiger partial charge < -0.3 is 24.6 Å². The maximum absolute atomic E-state index is 13.4. The van der Waals surface area contributed by atoms with Crippen LogP contribution in [0.25, 0.3) is 27.8 Å². The lowest BCUT2D eigenvalue weighted by Crippen LogP contribution is -2.41. The van der Waals surface area contributed by atoms with Gasteiger partial charge in [0.25, 0.3) is 5.56 Å². The molecule has 6 rings (SSSR count). The number of nitrogens with zero attached hydrogens (tertiary/aromatic N) is 7. The van der Waals surface area contributed by atoms with Crippen molar-refractivity contribution in [3.63, 3.8) is 0 Å². The highest BCUT2D eigenvalue weighted by Crippen LogP contribution is 2.33. The van der Waals surface area contributed by atoms with Crippen LogP contribution in [0.1, 0.15) is 26.5 Å².